The number of halogens is 1. The molecule has 0 radical (unpaired) electrons. The Labute approximate surface area is 144 Å². The van der Waals surface area contributed by atoms with Gasteiger partial charge in [0.05, 0.1) is 0 Å². The summed E-state index contributed by atoms with van der Waals surface area (Å²) < 4.78 is 1.13. The van der Waals surface area contributed by atoms with Gasteiger partial charge in [-0.2, -0.15) is 0 Å². The molecule has 0 spiro atoms. The van der Waals surface area contributed by atoms with Gasteiger partial charge in [-0.3, -0.25) is 9.69 Å². The molecule has 2 aliphatic rings. The number of aromatic nitrogens is 1. The first-order chi connectivity index (χ1) is 11.1. The Bertz CT molecular complexity index is 769. The summed E-state index contributed by atoms with van der Waals surface area (Å²) in [5.74, 6) is 0.476. The molecule has 0 saturated carbocycles. The number of likely N-dealkylation sites (tertiary alicyclic amines) is 1. The molecule has 2 aromatic rings. The van der Waals surface area contributed by atoms with Crippen LogP contribution in [0.15, 0.2) is 16.6 Å². The van der Waals surface area contributed by atoms with Crippen LogP contribution >= 0.6 is 15.9 Å². The number of likely N-dealkylation sites (N-methyl/N-ethyl adjacent to an activating group) is 1. The number of aromatic amines is 1. The summed E-state index contributed by atoms with van der Waals surface area (Å²) in [6.07, 6.45) is 2.98. The molecule has 122 valence electrons. The monoisotopic (exact) mass is 375 g/mol. The van der Waals surface area contributed by atoms with Gasteiger partial charge >= 0.3 is 0 Å². The van der Waals surface area contributed by atoms with Crippen LogP contribution in [0.2, 0.25) is 0 Å². The van der Waals surface area contributed by atoms with Crippen LogP contribution in [0.25, 0.3) is 10.9 Å². The lowest BCUT2D eigenvalue weighted by atomic mass is 9.73. The fourth-order valence-electron chi connectivity index (χ4n) is 4.68. The zero-order valence-electron chi connectivity index (χ0n) is 13.5. The number of hydrogen-bond acceptors (Lipinski definition) is 2. The van der Waals surface area contributed by atoms with Gasteiger partial charge in [0, 0.05) is 45.6 Å². The van der Waals surface area contributed by atoms with Crippen molar-refractivity contribution in [2.75, 3.05) is 13.1 Å². The van der Waals surface area contributed by atoms with E-state index in [9.17, 15) is 4.79 Å². The fraction of sp³-hybridized carbons (Fsp3) is 0.500. The molecule has 2 N–H and O–H groups in total. The van der Waals surface area contributed by atoms with Gasteiger partial charge in [-0.1, -0.05) is 22.9 Å². The van der Waals surface area contributed by atoms with Crippen molar-refractivity contribution in [1.29, 1.82) is 0 Å². The second-order valence-corrected chi connectivity index (χ2v) is 7.74. The second-order valence-electron chi connectivity index (χ2n) is 6.83. The van der Waals surface area contributed by atoms with Gasteiger partial charge in [-0.15, -0.1) is 0 Å². The third-order valence-electron chi connectivity index (χ3n) is 5.66. The van der Waals surface area contributed by atoms with Gasteiger partial charge in [-0.05, 0) is 49.6 Å². The number of fused-ring (bicyclic) bond motifs is 2. The van der Waals surface area contributed by atoms with E-state index in [2.05, 4.69) is 57.1 Å². The molecule has 1 aliphatic carbocycles. The molecular formula is C18H22BrN3O. The SMILES string of the molecule is CCN1C[C@@H](NC=O)C[C@@H]2c3cc(Br)cc4[nH]c(C)c(c34)C[C@H]21. The quantitative estimate of drug-likeness (QED) is 0.809. The Kier molecular flexibility index (Phi) is 3.73. The van der Waals surface area contributed by atoms with Crippen LogP contribution in [-0.2, 0) is 11.2 Å². The maximum atomic E-state index is 10.9. The summed E-state index contributed by atoms with van der Waals surface area (Å²) >= 11 is 3.67. The van der Waals surface area contributed by atoms with Crippen LogP contribution in [0.1, 0.15) is 36.1 Å². The number of nitrogens with zero attached hydrogens (tertiary/aromatic N) is 1. The number of H-pyrrole nitrogens is 1. The molecule has 1 aliphatic heterocycles. The van der Waals surface area contributed by atoms with Crippen LogP contribution in [0, 0.1) is 6.92 Å². The lowest BCUT2D eigenvalue weighted by molar-refractivity contribution is -0.110. The third kappa shape index (κ3) is 2.32. The molecule has 2 heterocycles. The molecule has 0 unspecified atom stereocenters. The van der Waals surface area contributed by atoms with Gasteiger partial charge in [-0.25, -0.2) is 0 Å². The lowest BCUT2D eigenvalue weighted by Crippen LogP contribution is -2.55. The van der Waals surface area contributed by atoms with Crippen molar-refractivity contribution in [3.63, 3.8) is 0 Å². The first-order valence-electron chi connectivity index (χ1n) is 8.36. The first-order valence-corrected chi connectivity index (χ1v) is 9.16. The van der Waals surface area contributed by atoms with Crippen molar-refractivity contribution in [2.45, 2.75) is 44.7 Å². The molecule has 0 bridgehead atoms. The van der Waals surface area contributed by atoms with E-state index < -0.39 is 0 Å². The van der Waals surface area contributed by atoms with Crippen LogP contribution in [0.3, 0.4) is 0 Å². The summed E-state index contributed by atoms with van der Waals surface area (Å²) in [6, 6.07) is 5.23. The van der Waals surface area contributed by atoms with E-state index in [1.54, 1.807) is 0 Å². The van der Waals surface area contributed by atoms with Gasteiger partial charge < -0.3 is 10.3 Å². The van der Waals surface area contributed by atoms with E-state index in [1.807, 2.05) is 0 Å². The van der Waals surface area contributed by atoms with Crippen molar-refractivity contribution >= 4 is 33.2 Å². The predicted molar refractivity (Wildman–Crippen MR) is 95.8 cm³/mol. The number of carbonyl (C=O) groups excluding carboxylic acids is 1. The molecule has 5 heteroatoms. The first kappa shape index (κ1) is 15.2. The van der Waals surface area contributed by atoms with E-state index in [0.29, 0.717) is 12.0 Å². The topological polar surface area (TPSA) is 48.1 Å². The highest BCUT2D eigenvalue weighted by Crippen LogP contribution is 2.45. The molecule has 4 rings (SSSR count). The highest BCUT2D eigenvalue weighted by atomic mass is 79.9. The maximum absolute atomic E-state index is 10.9. The van der Waals surface area contributed by atoms with E-state index >= 15 is 0 Å². The van der Waals surface area contributed by atoms with Gasteiger partial charge in [0.15, 0.2) is 0 Å². The van der Waals surface area contributed by atoms with Crippen LogP contribution in [0.5, 0.6) is 0 Å². The zero-order valence-corrected chi connectivity index (χ0v) is 15.1. The van der Waals surface area contributed by atoms with Crippen LogP contribution < -0.4 is 5.32 Å². The van der Waals surface area contributed by atoms with Crippen molar-refractivity contribution < 1.29 is 4.79 Å². The van der Waals surface area contributed by atoms with Crippen molar-refractivity contribution in [2.24, 2.45) is 0 Å². The van der Waals surface area contributed by atoms with E-state index in [0.717, 1.165) is 36.8 Å². The predicted octanol–water partition coefficient (Wildman–Crippen LogP) is 3.09. The van der Waals surface area contributed by atoms with Crippen LogP contribution in [-0.4, -0.2) is 41.5 Å². The van der Waals surface area contributed by atoms with Crippen LogP contribution in [0.4, 0.5) is 0 Å². The Morgan fingerprint density at radius 3 is 3.04 bits per heavy atom. The summed E-state index contributed by atoms with van der Waals surface area (Å²) in [5.41, 5.74) is 5.43. The summed E-state index contributed by atoms with van der Waals surface area (Å²) in [5, 5.41) is 4.43. The number of aryl methyl sites for hydroxylation is 1. The minimum atomic E-state index is 0.240. The van der Waals surface area contributed by atoms with Gasteiger partial charge in [0.25, 0.3) is 0 Å². The summed E-state index contributed by atoms with van der Waals surface area (Å²) in [6.45, 7) is 6.38. The van der Waals surface area contributed by atoms with E-state index in [4.69, 9.17) is 0 Å². The Balaban J connectivity index is 1.86. The second kappa shape index (κ2) is 5.64. The van der Waals surface area contributed by atoms with Crippen molar-refractivity contribution in [3.8, 4) is 0 Å². The summed E-state index contributed by atoms with van der Waals surface area (Å²) in [7, 11) is 0. The molecule has 1 saturated heterocycles. The molecule has 1 amide bonds. The smallest absolute Gasteiger partial charge is 0.207 e. The van der Waals surface area contributed by atoms with Gasteiger partial charge in [0.2, 0.25) is 6.41 Å². The molecule has 4 nitrogen and oxygen atoms in total. The van der Waals surface area contributed by atoms with Crippen molar-refractivity contribution in [1.82, 2.24) is 15.2 Å². The largest absolute Gasteiger partial charge is 0.358 e. The number of benzene rings is 1. The fourth-order valence-corrected chi connectivity index (χ4v) is 5.16. The average molecular weight is 376 g/mol. The molecule has 1 aromatic carbocycles. The van der Waals surface area contributed by atoms with E-state index in [-0.39, 0.29) is 6.04 Å². The molecular weight excluding hydrogens is 354 g/mol. The average Bonchev–Trinajstić information content (AvgIpc) is 2.84. The summed E-state index contributed by atoms with van der Waals surface area (Å²) in [4.78, 5) is 17.0. The maximum Gasteiger partial charge on any atom is 0.207 e. The number of rotatable bonds is 3. The zero-order chi connectivity index (χ0) is 16.1. The van der Waals surface area contributed by atoms with Gasteiger partial charge in [0.1, 0.15) is 0 Å². The third-order valence-corrected chi connectivity index (χ3v) is 6.12. The molecule has 1 fully saturated rings. The lowest BCUT2D eigenvalue weighted by Gasteiger charge is -2.46. The standard InChI is InChI=1S/C18H22BrN3O/c1-3-22-8-12(20-9-23)6-14-15-4-11(19)5-16-18(15)13(7-17(14)22)10(2)21-16/h4-5,9,12,14,17,21H,3,6-8H2,1-2H3,(H,20,23)/t12-,14+,17+/m0/s1. The molecule has 3 atom stereocenters. The normalized spacial score (nSPS) is 27.0. The molecule has 23 heavy (non-hydrogen) atoms. The number of nitrogens with one attached hydrogen (secondary N) is 2. The van der Waals surface area contributed by atoms with Crippen molar-refractivity contribution in [3.05, 3.63) is 33.4 Å². The Morgan fingerprint density at radius 2 is 2.30 bits per heavy atom. The minimum Gasteiger partial charge on any atom is -0.358 e. The minimum absolute atomic E-state index is 0.240. The Hall–Kier alpha value is -1.33. The Morgan fingerprint density at radius 1 is 1.48 bits per heavy atom. The molecule has 1 aromatic heterocycles. The highest BCUT2D eigenvalue weighted by molar-refractivity contribution is 9.10. The number of amides is 1. The number of carbonyl (C=O) groups is 1. The number of piperidine rings is 1. The van der Waals surface area contributed by atoms with E-state index in [1.165, 1.54) is 27.7 Å². The number of hydrogen-bond donors (Lipinski definition) is 2. The highest BCUT2D eigenvalue weighted by Gasteiger charge is 2.40.